The number of H-pyrrole nitrogens is 1. The molecule has 0 aliphatic heterocycles. The van der Waals surface area contributed by atoms with Crippen LogP contribution in [0, 0.1) is 0 Å². The highest BCUT2D eigenvalue weighted by atomic mass is 35.5. The fourth-order valence-corrected chi connectivity index (χ4v) is 1.64. The van der Waals surface area contributed by atoms with Crippen LogP contribution in [0.1, 0.15) is 10.4 Å². The van der Waals surface area contributed by atoms with Crippen LogP contribution in [0.2, 0.25) is 5.02 Å². The number of fused-ring (bicyclic) bond motifs is 1. The number of ether oxygens (including phenoxy) is 1. The second kappa shape index (κ2) is 3.35. The number of aromatic nitrogens is 1. The van der Waals surface area contributed by atoms with E-state index in [0.717, 1.165) is 10.9 Å². The van der Waals surface area contributed by atoms with Gasteiger partial charge in [0.2, 0.25) is 0 Å². The molecule has 0 saturated carbocycles. The first-order valence-corrected chi connectivity index (χ1v) is 4.45. The lowest BCUT2D eigenvalue weighted by Gasteiger charge is -2.00. The van der Waals surface area contributed by atoms with Gasteiger partial charge in [0.25, 0.3) is 0 Å². The van der Waals surface area contributed by atoms with Gasteiger partial charge in [-0.2, -0.15) is 0 Å². The molecule has 1 N–H and O–H groups in total. The Labute approximate surface area is 85.6 Å². The fourth-order valence-electron chi connectivity index (χ4n) is 1.36. The molecule has 0 bridgehead atoms. The van der Waals surface area contributed by atoms with Crippen LogP contribution in [-0.4, -0.2) is 18.1 Å². The van der Waals surface area contributed by atoms with Gasteiger partial charge in [-0.1, -0.05) is 11.6 Å². The van der Waals surface area contributed by atoms with Crippen LogP contribution in [0.15, 0.2) is 24.4 Å². The van der Waals surface area contributed by atoms with Crippen molar-refractivity contribution in [3.63, 3.8) is 0 Å². The molecule has 2 aromatic rings. The third-order valence-corrected chi connectivity index (χ3v) is 2.33. The Morgan fingerprint density at radius 2 is 2.29 bits per heavy atom. The summed E-state index contributed by atoms with van der Waals surface area (Å²) in [5.74, 6) is -0.380. The number of nitrogens with one attached hydrogen (secondary N) is 1. The summed E-state index contributed by atoms with van der Waals surface area (Å²) in [4.78, 5) is 14.2. The third kappa shape index (κ3) is 1.36. The van der Waals surface area contributed by atoms with Crippen molar-refractivity contribution < 1.29 is 9.53 Å². The molecule has 0 radical (unpaired) electrons. The van der Waals surface area contributed by atoms with Crippen molar-refractivity contribution in [2.45, 2.75) is 0 Å². The fraction of sp³-hybridized carbons (Fsp3) is 0.100. The summed E-state index contributed by atoms with van der Waals surface area (Å²) in [6.45, 7) is 0. The molecule has 0 atom stereocenters. The highest BCUT2D eigenvalue weighted by molar-refractivity contribution is 6.35. The van der Waals surface area contributed by atoms with Gasteiger partial charge in [0.15, 0.2) is 0 Å². The Hall–Kier alpha value is -1.48. The number of rotatable bonds is 1. The summed E-state index contributed by atoms with van der Waals surface area (Å²) in [6.07, 6.45) is 1.78. The minimum absolute atomic E-state index is 0.380. The monoisotopic (exact) mass is 209 g/mol. The molecule has 72 valence electrons. The summed E-state index contributed by atoms with van der Waals surface area (Å²) in [5.41, 5.74) is 1.30. The molecule has 0 aliphatic carbocycles. The van der Waals surface area contributed by atoms with E-state index in [0.29, 0.717) is 10.6 Å². The van der Waals surface area contributed by atoms with Crippen LogP contribution in [-0.2, 0) is 4.74 Å². The topological polar surface area (TPSA) is 42.1 Å². The van der Waals surface area contributed by atoms with Crippen molar-refractivity contribution in [3.8, 4) is 0 Å². The van der Waals surface area contributed by atoms with E-state index in [4.69, 9.17) is 11.6 Å². The summed E-state index contributed by atoms with van der Waals surface area (Å²) in [5, 5.41) is 1.42. The molecule has 0 aliphatic rings. The number of halogens is 1. The lowest BCUT2D eigenvalue weighted by molar-refractivity contribution is 0.0601. The Kier molecular flexibility index (Phi) is 2.17. The molecule has 2 rings (SSSR count). The number of hydrogen-bond donors (Lipinski definition) is 1. The van der Waals surface area contributed by atoms with Gasteiger partial charge in [-0.15, -0.1) is 0 Å². The van der Waals surface area contributed by atoms with Gasteiger partial charge in [0, 0.05) is 11.6 Å². The molecule has 1 heterocycles. The van der Waals surface area contributed by atoms with Gasteiger partial charge in [-0.25, -0.2) is 4.79 Å². The Balaban J connectivity index is 2.64. The Morgan fingerprint density at radius 3 is 3.00 bits per heavy atom. The highest BCUT2D eigenvalue weighted by Gasteiger charge is 2.09. The van der Waals surface area contributed by atoms with E-state index < -0.39 is 0 Å². The number of aromatic amines is 1. The second-order valence-electron chi connectivity index (χ2n) is 2.89. The average molecular weight is 210 g/mol. The van der Waals surface area contributed by atoms with Gasteiger partial charge in [0.05, 0.1) is 23.2 Å². The minimum atomic E-state index is -0.380. The smallest absolute Gasteiger partial charge is 0.337 e. The van der Waals surface area contributed by atoms with Crippen LogP contribution in [0.5, 0.6) is 0 Å². The van der Waals surface area contributed by atoms with Gasteiger partial charge in [-0.3, -0.25) is 0 Å². The van der Waals surface area contributed by atoms with Gasteiger partial charge >= 0.3 is 5.97 Å². The quantitative estimate of drug-likeness (QED) is 0.734. The molecule has 14 heavy (non-hydrogen) atoms. The first kappa shape index (κ1) is 9.09. The minimum Gasteiger partial charge on any atom is -0.465 e. The summed E-state index contributed by atoms with van der Waals surface area (Å²) in [6, 6.07) is 5.18. The number of esters is 1. The molecule has 0 saturated heterocycles. The zero-order valence-electron chi connectivity index (χ0n) is 7.50. The molecular weight excluding hydrogens is 202 g/mol. The standard InChI is InChI=1S/C10H8ClNO2/c1-14-10(13)7-4-6-2-3-12-9(6)8(11)5-7/h2-5,12H,1H3. The first-order chi connectivity index (χ1) is 6.72. The molecule has 0 fully saturated rings. The van der Waals surface area contributed by atoms with Gasteiger partial charge in [-0.05, 0) is 18.2 Å². The predicted octanol–water partition coefficient (Wildman–Crippen LogP) is 2.61. The second-order valence-corrected chi connectivity index (χ2v) is 3.30. The van der Waals surface area contributed by atoms with Crippen molar-refractivity contribution >= 4 is 28.5 Å². The molecule has 3 nitrogen and oxygen atoms in total. The zero-order chi connectivity index (χ0) is 10.1. The van der Waals surface area contributed by atoms with Crippen molar-refractivity contribution in [2.75, 3.05) is 7.11 Å². The largest absolute Gasteiger partial charge is 0.465 e. The lowest BCUT2D eigenvalue weighted by Crippen LogP contribution is -2.00. The van der Waals surface area contributed by atoms with Crippen molar-refractivity contribution in [1.82, 2.24) is 4.98 Å². The van der Waals surface area contributed by atoms with Crippen molar-refractivity contribution in [3.05, 3.63) is 35.0 Å². The number of benzene rings is 1. The summed E-state index contributed by atoms with van der Waals surface area (Å²) in [7, 11) is 1.34. The van der Waals surface area contributed by atoms with E-state index in [1.54, 1.807) is 18.3 Å². The molecule has 0 unspecified atom stereocenters. The molecule has 0 spiro atoms. The van der Waals surface area contributed by atoms with E-state index in [2.05, 4.69) is 9.72 Å². The van der Waals surface area contributed by atoms with Crippen molar-refractivity contribution in [2.24, 2.45) is 0 Å². The van der Waals surface area contributed by atoms with Gasteiger partial charge in [0.1, 0.15) is 0 Å². The molecule has 1 aromatic heterocycles. The number of carbonyl (C=O) groups excluding carboxylic acids is 1. The van der Waals surface area contributed by atoms with E-state index in [9.17, 15) is 4.79 Å². The highest BCUT2D eigenvalue weighted by Crippen LogP contribution is 2.24. The SMILES string of the molecule is COC(=O)c1cc(Cl)c2[nH]ccc2c1. The number of methoxy groups -OCH3 is 1. The Morgan fingerprint density at radius 1 is 1.50 bits per heavy atom. The molecule has 0 amide bonds. The van der Waals surface area contributed by atoms with E-state index in [1.165, 1.54) is 7.11 Å². The maximum atomic E-state index is 11.2. The first-order valence-electron chi connectivity index (χ1n) is 4.07. The average Bonchev–Trinajstić information content (AvgIpc) is 2.64. The van der Waals surface area contributed by atoms with Crippen LogP contribution >= 0.6 is 11.6 Å². The van der Waals surface area contributed by atoms with Crippen LogP contribution in [0.3, 0.4) is 0 Å². The third-order valence-electron chi connectivity index (χ3n) is 2.03. The van der Waals surface area contributed by atoms with E-state index in [1.807, 2.05) is 6.07 Å². The zero-order valence-corrected chi connectivity index (χ0v) is 8.26. The predicted molar refractivity (Wildman–Crippen MR) is 54.6 cm³/mol. The van der Waals surface area contributed by atoms with Crippen LogP contribution < -0.4 is 0 Å². The van der Waals surface area contributed by atoms with E-state index in [-0.39, 0.29) is 5.97 Å². The van der Waals surface area contributed by atoms with Crippen LogP contribution in [0.4, 0.5) is 0 Å². The van der Waals surface area contributed by atoms with E-state index >= 15 is 0 Å². The summed E-state index contributed by atoms with van der Waals surface area (Å²) >= 11 is 5.97. The molecule has 4 heteroatoms. The number of hydrogen-bond acceptors (Lipinski definition) is 2. The Bertz CT molecular complexity index is 490. The molecular formula is C10H8ClNO2. The maximum Gasteiger partial charge on any atom is 0.337 e. The van der Waals surface area contributed by atoms with Gasteiger partial charge < -0.3 is 9.72 Å². The summed E-state index contributed by atoms with van der Waals surface area (Å²) < 4.78 is 4.61. The number of carbonyl (C=O) groups is 1. The van der Waals surface area contributed by atoms with Crippen molar-refractivity contribution in [1.29, 1.82) is 0 Å². The van der Waals surface area contributed by atoms with Crippen LogP contribution in [0.25, 0.3) is 10.9 Å². The maximum absolute atomic E-state index is 11.2. The normalized spacial score (nSPS) is 10.4. The molecule has 1 aromatic carbocycles. The lowest BCUT2D eigenvalue weighted by atomic mass is 10.1.